The van der Waals surface area contributed by atoms with Gasteiger partial charge in [0, 0.05) is 10.9 Å². The minimum absolute atomic E-state index is 0.191. The molecule has 3 nitrogen and oxygen atoms in total. The molecule has 0 aromatic heterocycles. The highest BCUT2D eigenvalue weighted by atomic mass is 35.5. The van der Waals surface area contributed by atoms with Gasteiger partial charge < -0.3 is 0 Å². The molecule has 0 amide bonds. The van der Waals surface area contributed by atoms with Crippen molar-refractivity contribution in [2.45, 2.75) is 25.6 Å². The van der Waals surface area contributed by atoms with E-state index in [1.807, 2.05) is 13.8 Å². The van der Waals surface area contributed by atoms with Crippen LogP contribution in [0.15, 0.2) is 18.2 Å². The third kappa shape index (κ3) is 3.17. The molecule has 1 rings (SSSR count). The van der Waals surface area contributed by atoms with E-state index in [0.29, 0.717) is 12.0 Å². The van der Waals surface area contributed by atoms with Gasteiger partial charge in [-0.2, -0.15) is 0 Å². The topological polar surface area (TPSA) is 43.1 Å². The molecule has 1 unspecified atom stereocenters. The van der Waals surface area contributed by atoms with Crippen LogP contribution in [0.4, 0.5) is 10.1 Å². The Balaban J connectivity index is 2.99. The lowest BCUT2D eigenvalue weighted by atomic mass is 10.0. The largest absolute Gasteiger partial charge is 0.275 e. The molecule has 0 radical (unpaired) electrons. The summed E-state index contributed by atoms with van der Waals surface area (Å²) >= 11 is 6.05. The highest BCUT2D eigenvalue weighted by molar-refractivity contribution is 6.20. The summed E-state index contributed by atoms with van der Waals surface area (Å²) in [7, 11) is 0. The van der Waals surface area contributed by atoms with Crippen LogP contribution in [0.2, 0.25) is 0 Å². The average Bonchev–Trinajstić information content (AvgIpc) is 2.20. The number of alkyl halides is 1. The van der Waals surface area contributed by atoms with E-state index in [1.54, 1.807) is 0 Å². The van der Waals surface area contributed by atoms with Crippen molar-refractivity contribution in [2.75, 3.05) is 0 Å². The minimum atomic E-state index is -0.605. The Morgan fingerprint density at radius 3 is 2.62 bits per heavy atom. The van der Waals surface area contributed by atoms with Gasteiger partial charge in [0.15, 0.2) is 0 Å². The molecule has 0 bridgehead atoms. The lowest BCUT2D eigenvalue weighted by Gasteiger charge is -2.13. The number of nitrogens with zero attached hydrogens (tertiary/aromatic N) is 1. The monoisotopic (exact) mass is 245 g/mol. The third-order valence-corrected chi connectivity index (χ3v) is 3.04. The quantitative estimate of drug-likeness (QED) is 0.463. The minimum Gasteiger partial charge on any atom is -0.258 e. The Hall–Kier alpha value is -1.16. The Morgan fingerprint density at radius 2 is 2.12 bits per heavy atom. The first kappa shape index (κ1) is 12.9. The summed E-state index contributed by atoms with van der Waals surface area (Å²) in [5.74, 6) is -0.391. The fourth-order valence-electron chi connectivity index (χ4n) is 1.33. The first-order valence-corrected chi connectivity index (χ1v) is 5.42. The van der Waals surface area contributed by atoms with Crippen molar-refractivity contribution < 1.29 is 9.31 Å². The number of hydrogen-bond donors (Lipinski definition) is 0. The van der Waals surface area contributed by atoms with Crippen LogP contribution < -0.4 is 0 Å². The lowest BCUT2D eigenvalue weighted by Crippen LogP contribution is -2.12. The van der Waals surface area contributed by atoms with E-state index in [0.717, 1.165) is 6.07 Å². The van der Waals surface area contributed by atoms with Crippen molar-refractivity contribution >= 4 is 17.3 Å². The molecule has 0 fully saturated rings. The lowest BCUT2D eigenvalue weighted by molar-refractivity contribution is -0.385. The Labute approximate surface area is 98.4 Å². The van der Waals surface area contributed by atoms with E-state index in [1.165, 1.54) is 12.1 Å². The normalized spacial score (nSPS) is 12.8. The maximum Gasteiger partial charge on any atom is 0.275 e. The summed E-state index contributed by atoms with van der Waals surface area (Å²) in [5, 5.41) is 10.5. The molecular weight excluding hydrogens is 233 g/mol. The summed E-state index contributed by atoms with van der Waals surface area (Å²) in [6, 6.07) is 3.57. The molecule has 1 aromatic rings. The third-order valence-electron chi connectivity index (χ3n) is 2.38. The highest BCUT2D eigenvalue weighted by Gasteiger charge is 2.19. The van der Waals surface area contributed by atoms with Gasteiger partial charge in [0.2, 0.25) is 0 Å². The zero-order valence-corrected chi connectivity index (χ0v) is 9.87. The first-order valence-electron chi connectivity index (χ1n) is 4.98. The van der Waals surface area contributed by atoms with Crippen LogP contribution in [0, 0.1) is 21.8 Å². The molecule has 0 N–H and O–H groups in total. The zero-order valence-electron chi connectivity index (χ0n) is 9.11. The van der Waals surface area contributed by atoms with Crippen LogP contribution in [0.3, 0.4) is 0 Å². The molecule has 0 aliphatic rings. The van der Waals surface area contributed by atoms with Crippen molar-refractivity contribution in [3.8, 4) is 0 Å². The van der Waals surface area contributed by atoms with E-state index in [-0.39, 0.29) is 17.0 Å². The number of nitro benzene ring substituents is 1. The van der Waals surface area contributed by atoms with Gasteiger partial charge in [0.1, 0.15) is 5.82 Å². The molecule has 0 spiro atoms. The van der Waals surface area contributed by atoms with E-state index in [4.69, 9.17) is 11.6 Å². The highest BCUT2D eigenvalue weighted by Crippen LogP contribution is 2.24. The van der Waals surface area contributed by atoms with E-state index in [9.17, 15) is 14.5 Å². The van der Waals surface area contributed by atoms with Crippen molar-refractivity contribution in [1.29, 1.82) is 0 Å². The molecule has 0 aliphatic carbocycles. The van der Waals surface area contributed by atoms with Crippen LogP contribution in [-0.2, 0) is 6.42 Å². The molecule has 5 heteroatoms. The van der Waals surface area contributed by atoms with E-state index < -0.39 is 10.7 Å². The number of nitro groups is 1. The molecule has 16 heavy (non-hydrogen) atoms. The standard InChI is InChI=1S/C11H13ClFNO2/c1-7(2)10(12)5-8-3-4-9(13)6-11(8)14(15)16/h3-4,6-7,10H,5H2,1-2H3. The van der Waals surface area contributed by atoms with Gasteiger partial charge in [-0.3, -0.25) is 10.1 Å². The van der Waals surface area contributed by atoms with Crippen LogP contribution >= 0.6 is 11.6 Å². The fraction of sp³-hybridized carbons (Fsp3) is 0.455. The summed E-state index contributed by atoms with van der Waals surface area (Å²) < 4.78 is 12.9. The summed E-state index contributed by atoms with van der Waals surface area (Å²) in [6.07, 6.45) is 0.371. The Kier molecular flexibility index (Phi) is 4.24. The van der Waals surface area contributed by atoms with Crippen LogP contribution in [0.5, 0.6) is 0 Å². The van der Waals surface area contributed by atoms with Crippen molar-refractivity contribution in [1.82, 2.24) is 0 Å². The number of rotatable bonds is 4. The molecular formula is C11H13ClFNO2. The summed E-state index contributed by atoms with van der Waals surface area (Å²) in [5.41, 5.74) is 0.270. The average molecular weight is 246 g/mol. The van der Waals surface area contributed by atoms with Gasteiger partial charge in [-0.1, -0.05) is 13.8 Å². The van der Waals surface area contributed by atoms with Crippen molar-refractivity contribution in [3.05, 3.63) is 39.7 Å². The fourth-order valence-corrected chi connectivity index (χ4v) is 1.49. The van der Waals surface area contributed by atoms with Crippen LogP contribution in [-0.4, -0.2) is 10.3 Å². The van der Waals surface area contributed by atoms with E-state index in [2.05, 4.69) is 0 Å². The predicted octanol–water partition coefficient (Wildman–Crippen LogP) is 3.54. The van der Waals surface area contributed by atoms with Crippen LogP contribution in [0.1, 0.15) is 19.4 Å². The smallest absolute Gasteiger partial charge is 0.258 e. The first-order chi connectivity index (χ1) is 7.41. The van der Waals surface area contributed by atoms with Gasteiger partial charge in [-0.15, -0.1) is 11.6 Å². The van der Waals surface area contributed by atoms with Crippen LogP contribution in [0.25, 0.3) is 0 Å². The Bertz CT molecular complexity index is 396. The van der Waals surface area contributed by atoms with Gasteiger partial charge >= 0.3 is 0 Å². The Morgan fingerprint density at radius 1 is 1.50 bits per heavy atom. The number of benzene rings is 1. The van der Waals surface area contributed by atoms with E-state index >= 15 is 0 Å². The molecule has 0 saturated heterocycles. The molecule has 88 valence electrons. The maximum atomic E-state index is 12.9. The number of hydrogen-bond acceptors (Lipinski definition) is 2. The second-order valence-corrected chi connectivity index (χ2v) is 4.55. The van der Waals surface area contributed by atoms with Gasteiger partial charge in [0.25, 0.3) is 5.69 Å². The van der Waals surface area contributed by atoms with Gasteiger partial charge in [-0.05, 0) is 24.5 Å². The molecule has 1 aromatic carbocycles. The predicted molar refractivity (Wildman–Crippen MR) is 61.2 cm³/mol. The second kappa shape index (κ2) is 5.25. The van der Waals surface area contributed by atoms with Crippen molar-refractivity contribution in [2.24, 2.45) is 5.92 Å². The molecule has 0 saturated carbocycles. The van der Waals surface area contributed by atoms with Gasteiger partial charge in [-0.25, -0.2) is 4.39 Å². The zero-order chi connectivity index (χ0) is 12.3. The maximum absolute atomic E-state index is 12.9. The summed E-state index contributed by atoms with van der Waals surface area (Å²) in [6.45, 7) is 3.88. The number of halogens is 2. The molecule has 1 atom stereocenters. The van der Waals surface area contributed by atoms with Gasteiger partial charge in [0.05, 0.1) is 11.0 Å². The second-order valence-electron chi connectivity index (χ2n) is 3.99. The SMILES string of the molecule is CC(C)C(Cl)Cc1ccc(F)cc1[N+](=O)[O-]. The summed E-state index contributed by atoms with van der Waals surface area (Å²) in [4.78, 5) is 10.1. The molecule has 0 heterocycles. The van der Waals surface area contributed by atoms with Crippen molar-refractivity contribution in [3.63, 3.8) is 0 Å². The molecule has 0 aliphatic heterocycles.